The number of aliphatic hydroxyl groups excluding tert-OH is 2. The highest BCUT2D eigenvalue weighted by molar-refractivity contribution is 5.97. The van der Waals surface area contributed by atoms with Crippen LogP contribution in [0.4, 0.5) is 0 Å². The molecule has 3 aliphatic rings. The lowest BCUT2D eigenvalue weighted by molar-refractivity contribution is -0.136. The summed E-state index contributed by atoms with van der Waals surface area (Å²) in [6.07, 6.45) is 6.62. The molecule has 6 nitrogen and oxygen atoms in total. The molecule has 0 saturated carbocycles. The van der Waals surface area contributed by atoms with E-state index in [9.17, 15) is 19.8 Å². The lowest BCUT2D eigenvalue weighted by atomic mass is 9.62. The maximum absolute atomic E-state index is 13.0. The van der Waals surface area contributed by atoms with Gasteiger partial charge in [0.05, 0.1) is 17.9 Å². The molecule has 0 saturated heterocycles. The van der Waals surface area contributed by atoms with Gasteiger partial charge in [0.2, 0.25) is 0 Å². The fourth-order valence-electron chi connectivity index (χ4n) is 4.18. The van der Waals surface area contributed by atoms with E-state index in [1.54, 1.807) is 37.3 Å². The fourth-order valence-corrected chi connectivity index (χ4v) is 4.18. The maximum atomic E-state index is 13.0. The van der Waals surface area contributed by atoms with Gasteiger partial charge in [0, 0.05) is 23.3 Å². The second-order valence-electron chi connectivity index (χ2n) is 7.15. The van der Waals surface area contributed by atoms with Crippen LogP contribution in [0.25, 0.3) is 0 Å². The number of rotatable bonds is 0. The average molecular weight is 356 g/mol. The Morgan fingerprint density at radius 2 is 2.04 bits per heavy atom. The molecule has 0 aromatic carbocycles. The Balaban J connectivity index is 1.79. The SMILES string of the molecule is C[C@@H]1C(=O)CC2=C(/C=C\C=C\[C@@]13C[C@@H](O)c1ccoc1[C@H]3O)C(=O)OC2. The Morgan fingerprint density at radius 1 is 1.23 bits per heavy atom. The molecule has 0 amide bonds. The number of esters is 1. The zero-order valence-electron chi connectivity index (χ0n) is 14.3. The van der Waals surface area contributed by atoms with Crippen molar-refractivity contribution in [3.63, 3.8) is 0 Å². The van der Waals surface area contributed by atoms with Gasteiger partial charge < -0.3 is 19.4 Å². The first-order chi connectivity index (χ1) is 12.4. The second kappa shape index (κ2) is 6.07. The Kier molecular flexibility index (Phi) is 3.97. The van der Waals surface area contributed by atoms with Gasteiger partial charge in [-0.3, -0.25) is 4.79 Å². The zero-order valence-corrected chi connectivity index (χ0v) is 14.3. The van der Waals surface area contributed by atoms with E-state index < -0.39 is 29.5 Å². The third kappa shape index (κ3) is 2.40. The van der Waals surface area contributed by atoms with Gasteiger partial charge in [-0.1, -0.05) is 25.2 Å². The van der Waals surface area contributed by atoms with Gasteiger partial charge in [-0.2, -0.15) is 0 Å². The molecular weight excluding hydrogens is 336 g/mol. The summed E-state index contributed by atoms with van der Waals surface area (Å²) in [5.74, 6) is -0.822. The number of allylic oxidation sites excluding steroid dienone is 2. The molecule has 0 bridgehead atoms. The summed E-state index contributed by atoms with van der Waals surface area (Å²) in [6.45, 7) is 1.86. The number of aliphatic hydroxyl groups is 2. The molecule has 0 fully saturated rings. The molecule has 4 rings (SSSR count). The van der Waals surface area contributed by atoms with Gasteiger partial charge >= 0.3 is 5.97 Å². The summed E-state index contributed by atoms with van der Waals surface area (Å²) in [5.41, 5.74) is 0.637. The molecule has 1 aromatic heterocycles. The van der Waals surface area contributed by atoms with Crippen LogP contribution in [0.15, 0.2) is 52.2 Å². The minimum absolute atomic E-state index is 0.0794. The highest BCUT2D eigenvalue weighted by Gasteiger charge is 2.51. The number of ketones is 1. The predicted octanol–water partition coefficient (Wildman–Crippen LogP) is 2.31. The number of carbonyl (C=O) groups excluding carboxylic acids is 2. The van der Waals surface area contributed by atoms with Gasteiger partial charge in [-0.05, 0) is 24.1 Å². The summed E-state index contributed by atoms with van der Waals surface area (Å²) < 4.78 is 10.5. The Bertz CT molecular complexity index is 857. The van der Waals surface area contributed by atoms with Crippen LogP contribution in [0.5, 0.6) is 0 Å². The lowest BCUT2D eigenvalue weighted by Crippen LogP contribution is -2.42. The molecule has 0 unspecified atom stereocenters. The van der Waals surface area contributed by atoms with E-state index >= 15 is 0 Å². The van der Waals surface area contributed by atoms with Crippen molar-refractivity contribution in [2.24, 2.45) is 11.3 Å². The number of ether oxygens (including phenoxy) is 1. The molecule has 2 N–H and O–H groups in total. The Morgan fingerprint density at radius 3 is 2.85 bits per heavy atom. The van der Waals surface area contributed by atoms with Crippen LogP contribution in [0.3, 0.4) is 0 Å². The topological polar surface area (TPSA) is 97.0 Å². The number of hydrogen-bond acceptors (Lipinski definition) is 6. The van der Waals surface area contributed by atoms with E-state index in [0.29, 0.717) is 22.5 Å². The van der Waals surface area contributed by atoms with Crippen LogP contribution in [0, 0.1) is 11.3 Å². The Hall–Kier alpha value is -2.44. The summed E-state index contributed by atoms with van der Waals surface area (Å²) in [7, 11) is 0. The van der Waals surface area contributed by atoms with E-state index in [4.69, 9.17) is 9.15 Å². The van der Waals surface area contributed by atoms with E-state index in [1.165, 1.54) is 6.26 Å². The summed E-state index contributed by atoms with van der Waals surface area (Å²) in [6, 6.07) is 1.64. The molecule has 26 heavy (non-hydrogen) atoms. The fraction of sp³-hybridized carbons (Fsp3) is 0.400. The van der Waals surface area contributed by atoms with Crippen LogP contribution < -0.4 is 0 Å². The van der Waals surface area contributed by atoms with E-state index in [1.807, 2.05) is 0 Å². The minimum atomic E-state index is -1.05. The smallest absolute Gasteiger partial charge is 0.338 e. The van der Waals surface area contributed by atoms with Crippen LogP contribution in [0.2, 0.25) is 0 Å². The molecule has 2 aliphatic carbocycles. The van der Waals surface area contributed by atoms with Crippen molar-refractivity contribution in [1.29, 1.82) is 0 Å². The first kappa shape index (κ1) is 17.0. The second-order valence-corrected chi connectivity index (χ2v) is 7.15. The van der Waals surface area contributed by atoms with Crippen LogP contribution in [-0.4, -0.2) is 28.6 Å². The van der Waals surface area contributed by atoms with Crippen molar-refractivity contribution in [2.75, 3.05) is 6.61 Å². The first-order valence-electron chi connectivity index (χ1n) is 8.65. The summed E-state index contributed by atoms with van der Waals surface area (Å²) >= 11 is 0. The first-order valence-corrected chi connectivity index (χ1v) is 8.65. The lowest BCUT2D eigenvalue weighted by Gasteiger charge is -2.44. The van der Waals surface area contributed by atoms with Crippen molar-refractivity contribution in [3.8, 4) is 0 Å². The van der Waals surface area contributed by atoms with Crippen molar-refractivity contribution in [1.82, 2.24) is 0 Å². The van der Waals surface area contributed by atoms with E-state index in [-0.39, 0.29) is 25.2 Å². The van der Waals surface area contributed by atoms with Crippen molar-refractivity contribution in [3.05, 3.63) is 59.1 Å². The van der Waals surface area contributed by atoms with Gasteiger partial charge in [-0.25, -0.2) is 4.79 Å². The molecule has 1 spiro atoms. The molecule has 4 atom stereocenters. The van der Waals surface area contributed by atoms with Crippen molar-refractivity contribution >= 4 is 11.8 Å². The summed E-state index contributed by atoms with van der Waals surface area (Å²) in [5, 5.41) is 21.6. The molecule has 136 valence electrons. The van der Waals surface area contributed by atoms with Crippen molar-refractivity contribution in [2.45, 2.75) is 32.0 Å². The number of carbonyl (C=O) groups is 2. The highest BCUT2D eigenvalue weighted by atomic mass is 16.5. The minimum Gasteiger partial charge on any atom is -0.466 e. The van der Waals surface area contributed by atoms with E-state index in [0.717, 1.165) is 0 Å². The highest BCUT2D eigenvalue weighted by Crippen LogP contribution is 2.54. The van der Waals surface area contributed by atoms with E-state index in [2.05, 4.69) is 0 Å². The number of hydrogen-bond donors (Lipinski definition) is 2. The molecule has 0 radical (unpaired) electrons. The molecular formula is C20H20O6. The molecule has 6 heteroatoms. The van der Waals surface area contributed by atoms with Crippen LogP contribution >= 0.6 is 0 Å². The third-order valence-corrected chi connectivity index (χ3v) is 5.83. The number of cyclic esters (lactones) is 1. The number of fused-ring (bicyclic) bond motifs is 1. The molecule has 2 heterocycles. The Labute approximate surface area is 150 Å². The molecule has 1 aliphatic heterocycles. The monoisotopic (exact) mass is 356 g/mol. The van der Waals surface area contributed by atoms with Crippen LogP contribution in [0.1, 0.15) is 43.3 Å². The quantitative estimate of drug-likeness (QED) is 0.693. The van der Waals surface area contributed by atoms with Gasteiger partial charge in [0.1, 0.15) is 24.3 Å². The average Bonchev–Trinajstić information content (AvgIpc) is 3.23. The van der Waals surface area contributed by atoms with Gasteiger partial charge in [0.15, 0.2) is 0 Å². The van der Waals surface area contributed by atoms with Gasteiger partial charge in [-0.15, -0.1) is 0 Å². The largest absolute Gasteiger partial charge is 0.466 e. The van der Waals surface area contributed by atoms with Crippen molar-refractivity contribution < 1.29 is 29.0 Å². The predicted molar refractivity (Wildman–Crippen MR) is 90.7 cm³/mol. The summed E-state index contributed by atoms with van der Waals surface area (Å²) in [4.78, 5) is 24.8. The van der Waals surface area contributed by atoms with Crippen LogP contribution in [-0.2, 0) is 14.3 Å². The maximum Gasteiger partial charge on any atom is 0.338 e. The number of furan rings is 1. The molecule has 1 aromatic rings. The third-order valence-electron chi connectivity index (χ3n) is 5.83. The number of Topliss-reactive ketones (excluding diaryl/α,β-unsaturated/α-hetero) is 1. The standard InChI is InChI=1S/C20H20O6/c1-11-15(21)8-12-10-26-19(24)13(12)4-2-3-6-20(11)9-16(22)14-5-7-25-17(14)18(20)23/h2-7,11,16,18,22-23H,8-10H2,1H3/b4-2-,6-3+/t11-,16-,18-,20-/m1/s1. The normalized spacial score (nSPS) is 36.5. The van der Waals surface area contributed by atoms with Gasteiger partial charge in [0.25, 0.3) is 0 Å². The zero-order chi connectivity index (χ0) is 18.5.